The Labute approximate surface area is 112 Å². The summed E-state index contributed by atoms with van der Waals surface area (Å²) in [7, 11) is 0. The first-order valence-corrected chi connectivity index (χ1v) is 6.19. The largest absolute Gasteiger partial charge is 0.478 e. The first kappa shape index (κ1) is 13.0. The van der Waals surface area contributed by atoms with Gasteiger partial charge in [-0.1, -0.05) is 41.7 Å². The van der Waals surface area contributed by atoms with Crippen LogP contribution in [0.2, 0.25) is 0 Å². The van der Waals surface area contributed by atoms with E-state index in [2.05, 4.69) is 0 Å². The van der Waals surface area contributed by atoms with Crippen molar-refractivity contribution in [2.24, 2.45) is 0 Å². The average Bonchev–Trinajstić information content (AvgIpc) is 2.85. The predicted octanol–water partition coefficient (Wildman–Crippen LogP) is 3.28. The van der Waals surface area contributed by atoms with Crippen LogP contribution in [0.5, 0.6) is 0 Å². The third kappa shape index (κ3) is 3.05. The molecule has 2 aromatic rings. The molecule has 0 atom stereocenters. The zero-order valence-corrected chi connectivity index (χ0v) is 10.5. The van der Waals surface area contributed by atoms with Crippen molar-refractivity contribution in [3.63, 3.8) is 0 Å². The molecule has 0 spiro atoms. The zero-order chi connectivity index (χ0) is 13.8. The first-order valence-electron chi connectivity index (χ1n) is 5.31. The Balaban J connectivity index is 2.41. The molecule has 1 aromatic carbocycles. The van der Waals surface area contributed by atoms with Crippen LogP contribution in [-0.4, -0.2) is 16.0 Å². The van der Waals surface area contributed by atoms with E-state index in [9.17, 15) is 20.0 Å². The number of rotatable bonds is 4. The fraction of sp³-hybridized carbons (Fsp3) is 0. The van der Waals surface area contributed by atoms with Crippen molar-refractivity contribution in [1.82, 2.24) is 0 Å². The molecule has 5 nitrogen and oxygen atoms in total. The Morgan fingerprint density at radius 3 is 2.53 bits per heavy atom. The smallest absolute Gasteiger partial charge is 0.336 e. The van der Waals surface area contributed by atoms with Crippen LogP contribution in [0.3, 0.4) is 0 Å². The SMILES string of the molecule is O=C(O)/C(=C\c1csc([N+](=O)[O-])c1)c1ccccc1. The molecule has 0 fully saturated rings. The second kappa shape index (κ2) is 5.45. The number of thiophene rings is 1. The number of hydrogen-bond acceptors (Lipinski definition) is 4. The number of carbonyl (C=O) groups is 1. The molecule has 0 saturated carbocycles. The average molecular weight is 275 g/mol. The Bertz CT molecular complexity index is 646. The molecule has 0 saturated heterocycles. The fourth-order valence-electron chi connectivity index (χ4n) is 1.56. The number of nitrogens with zero attached hydrogens (tertiary/aromatic N) is 1. The Morgan fingerprint density at radius 1 is 1.32 bits per heavy atom. The molecule has 0 unspecified atom stereocenters. The first-order chi connectivity index (χ1) is 9.08. The third-order valence-electron chi connectivity index (χ3n) is 2.41. The summed E-state index contributed by atoms with van der Waals surface area (Å²) in [6, 6.07) is 9.99. The molecule has 1 heterocycles. The lowest BCUT2D eigenvalue weighted by molar-refractivity contribution is -0.380. The summed E-state index contributed by atoms with van der Waals surface area (Å²) < 4.78 is 0. The summed E-state index contributed by atoms with van der Waals surface area (Å²) in [6.07, 6.45) is 1.43. The molecule has 0 radical (unpaired) electrons. The molecule has 19 heavy (non-hydrogen) atoms. The van der Waals surface area contributed by atoms with Gasteiger partial charge in [0.05, 0.1) is 10.5 Å². The van der Waals surface area contributed by atoms with E-state index in [0.29, 0.717) is 11.1 Å². The van der Waals surface area contributed by atoms with Crippen LogP contribution in [0.1, 0.15) is 11.1 Å². The minimum atomic E-state index is -1.07. The lowest BCUT2D eigenvalue weighted by Gasteiger charge is -2.01. The van der Waals surface area contributed by atoms with Crippen LogP contribution in [0, 0.1) is 10.1 Å². The van der Waals surface area contributed by atoms with Crippen molar-refractivity contribution in [3.8, 4) is 0 Å². The van der Waals surface area contributed by atoms with Crippen LogP contribution < -0.4 is 0 Å². The van der Waals surface area contributed by atoms with Gasteiger partial charge in [0.1, 0.15) is 0 Å². The van der Waals surface area contributed by atoms with Gasteiger partial charge < -0.3 is 5.11 Å². The molecule has 1 N–H and O–H groups in total. The van der Waals surface area contributed by atoms with Gasteiger partial charge in [-0.25, -0.2) is 4.79 Å². The summed E-state index contributed by atoms with van der Waals surface area (Å²) in [5.74, 6) is -1.07. The summed E-state index contributed by atoms with van der Waals surface area (Å²) in [5.41, 5.74) is 1.18. The number of nitro groups is 1. The second-order valence-electron chi connectivity index (χ2n) is 3.70. The van der Waals surface area contributed by atoms with E-state index in [1.807, 2.05) is 0 Å². The molecule has 0 amide bonds. The highest BCUT2D eigenvalue weighted by Crippen LogP contribution is 2.26. The van der Waals surface area contributed by atoms with Gasteiger partial charge in [0, 0.05) is 11.4 Å². The minimum Gasteiger partial charge on any atom is -0.478 e. The number of carboxylic acid groups (broad SMARTS) is 1. The standard InChI is InChI=1S/C13H9NO4S/c15-13(16)11(10-4-2-1-3-5-10)6-9-7-12(14(17)18)19-8-9/h1-8H,(H,15,16)/b11-6-. The van der Waals surface area contributed by atoms with Gasteiger partial charge in [-0.3, -0.25) is 10.1 Å². The molecule has 0 aliphatic heterocycles. The molecule has 6 heteroatoms. The van der Waals surface area contributed by atoms with E-state index in [1.165, 1.54) is 12.1 Å². The molecule has 2 rings (SSSR count). The zero-order valence-electron chi connectivity index (χ0n) is 9.65. The second-order valence-corrected chi connectivity index (χ2v) is 4.59. The number of benzene rings is 1. The molecule has 96 valence electrons. The van der Waals surface area contributed by atoms with Crippen molar-refractivity contribution in [3.05, 3.63) is 63.0 Å². The van der Waals surface area contributed by atoms with Crippen molar-refractivity contribution in [2.75, 3.05) is 0 Å². The number of carboxylic acids is 1. The topological polar surface area (TPSA) is 80.4 Å². The van der Waals surface area contributed by atoms with E-state index in [-0.39, 0.29) is 10.6 Å². The molecule has 1 aromatic heterocycles. The molecule has 0 aliphatic carbocycles. The van der Waals surface area contributed by atoms with Crippen LogP contribution >= 0.6 is 11.3 Å². The van der Waals surface area contributed by atoms with Gasteiger partial charge in [-0.15, -0.1) is 0 Å². The van der Waals surface area contributed by atoms with Crippen LogP contribution in [0.15, 0.2) is 41.8 Å². The lowest BCUT2D eigenvalue weighted by atomic mass is 10.0. The lowest BCUT2D eigenvalue weighted by Crippen LogP contribution is -1.99. The summed E-state index contributed by atoms with van der Waals surface area (Å²) in [6.45, 7) is 0. The maximum absolute atomic E-state index is 11.2. The van der Waals surface area contributed by atoms with E-state index in [0.717, 1.165) is 11.3 Å². The number of aliphatic carboxylic acids is 1. The molecule has 0 aliphatic rings. The summed E-state index contributed by atoms with van der Waals surface area (Å²) in [5, 5.41) is 21.3. The normalized spacial score (nSPS) is 11.3. The number of hydrogen-bond donors (Lipinski definition) is 1. The van der Waals surface area contributed by atoms with Gasteiger partial charge in [-0.2, -0.15) is 0 Å². The maximum atomic E-state index is 11.2. The Morgan fingerprint density at radius 2 is 2.00 bits per heavy atom. The fourth-order valence-corrected chi connectivity index (χ4v) is 2.25. The minimum absolute atomic E-state index is 0.0101. The van der Waals surface area contributed by atoms with Gasteiger partial charge in [0.15, 0.2) is 0 Å². The summed E-state index contributed by atoms with van der Waals surface area (Å²) in [4.78, 5) is 21.3. The Kier molecular flexibility index (Phi) is 3.72. The highest BCUT2D eigenvalue weighted by molar-refractivity contribution is 7.13. The third-order valence-corrected chi connectivity index (χ3v) is 3.31. The van der Waals surface area contributed by atoms with Gasteiger partial charge >= 0.3 is 11.0 Å². The van der Waals surface area contributed by atoms with E-state index < -0.39 is 10.9 Å². The highest BCUT2D eigenvalue weighted by Gasteiger charge is 2.13. The van der Waals surface area contributed by atoms with E-state index in [4.69, 9.17) is 0 Å². The predicted molar refractivity (Wildman–Crippen MR) is 72.9 cm³/mol. The maximum Gasteiger partial charge on any atom is 0.336 e. The van der Waals surface area contributed by atoms with Crippen LogP contribution in [0.25, 0.3) is 11.6 Å². The quantitative estimate of drug-likeness (QED) is 0.527. The summed E-state index contributed by atoms with van der Waals surface area (Å²) >= 11 is 0.970. The van der Waals surface area contributed by atoms with Crippen LogP contribution in [-0.2, 0) is 4.79 Å². The van der Waals surface area contributed by atoms with Crippen molar-refractivity contribution >= 4 is 34.0 Å². The van der Waals surface area contributed by atoms with E-state index in [1.54, 1.807) is 35.7 Å². The van der Waals surface area contributed by atoms with Crippen molar-refractivity contribution in [2.45, 2.75) is 0 Å². The monoisotopic (exact) mass is 275 g/mol. The molecular formula is C13H9NO4S. The van der Waals surface area contributed by atoms with Gasteiger partial charge in [-0.05, 0) is 17.2 Å². The van der Waals surface area contributed by atoms with Gasteiger partial charge in [0.2, 0.25) is 0 Å². The van der Waals surface area contributed by atoms with Crippen molar-refractivity contribution < 1.29 is 14.8 Å². The van der Waals surface area contributed by atoms with Crippen LogP contribution in [0.4, 0.5) is 5.00 Å². The molecular weight excluding hydrogens is 266 g/mol. The van der Waals surface area contributed by atoms with E-state index >= 15 is 0 Å². The van der Waals surface area contributed by atoms with Crippen molar-refractivity contribution in [1.29, 1.82) is 0 Å². The van der Waals surface area contributed by atoms with Gasteiger partial charge in [0.25, 0.3) is 0 Å². The highest BCUT2D eigenvalue weighted by atomic mass is 32.1. The molecule has 0 bridgehead atoms. The Hall–Kier alpha value is -2.47.